The van der Waals surface area contributed by atoms with Crippen molar-refractivity contribution in [3.8, 4) is 0 Å². The molecule has 0 amide bonds. The SMILES string of the molecule is Cn1nccc1CCC(O)Cc1ccccc1Cl. The van der Waals surface area contributed by atoms with Crippen LogP contribution in [0.1, 0.15) is 17.7 Å². The van der Waals surface area contributed by atoms with E-state index >= 15 is 0 Å². The maximum absolute atomic E-state index is 10.0. The monoisotopic (exact) mass is 264 g/mol. The van der Waals surface area contributed by atoms with Gasteiger partial charge in [-0.25, -0.2) is 0 Å². The first-order valence-corrected chi connectivity index (χ1v) is 6.43. The molecule has 1 heterocycles. The van der Waals surface area contributed by atoms with Gasteiger partial charge in [-0.1, -0.05) is 29.8 Å². The minimum Gasteiger partial charge on any atom is -0.393 e. The van der Waals surface area contributed by atoms with Crippen LogP contribution in [0, 0.1) is 0 Å². The summed E-state index contributed by atoms with van der Waals surface area (Å²) in [6.07, 6.45) is 3.53. The number of hydrogen-bond donors (Lipinski definition) is 1. The van der Waals surface area contributed by atoms with Crippen molar-refractivity contribution < 1.29 is 5.11 Å². The Morgan fingerprint density at radius 2 is 2.11 bits per heavy atom. The summed E-state index contributed by atoms with van der Waals surface area (Å²) in [4.78, 5) is 0. The average molecular weight is 265 g/mol. The van der Waals surface area contributed by atoms with Crippen molar-refractivity contribution in [3.63, 3.8) is 0 Å². The highest BCUT2D eigenvalue weighted by atomic mass is 35.5. The molecule has 0 aliphatic carbocycles. The van der Waals surface area contributed by atoms with Gasteiger partial charge >= 0.3 is 0 Å². The van der Waals surface area contributed by atoms with Gasteiger partial charge in [0.05, 0.1) is 6.10 Å². The van der Waals surface area contributed by atoms with Gasteiger partial charge in [0.25, 0.3) is 0 Å². The van der Waals surface area contributed by atoms with E-state index < -0.39 is 0 Å². The third kappa shape index (κ3) is 3.34. The summed E-state index contributed by atoms with van der Waals surface area (Å²) in [5, 5.41) is 14.9. The topological polar surface area (TPSA) is 38.0 Å². The molecule has 0 spiro atoms. The maximum Gasteiger partial charge on any atom is 0.0584 e. The van der Waals surface area contributed by atoms with Gasteiger partial charge in [0.2, 0.25) is 0 Å². The molecular formula is C14H17ClN2O. The Bertz CT molecular complexity index is 510. The van der Waals surface area contributed by atoms with Crippen molar-refractivity contribution in [1.82, 2.24) is 9.78 Å². The van der Waals surface area contributed by atoms with Crippen molar-refractivity contribution in [1.29, 1.82) is 0 Å². The van der Waals surface area contributed by atoms with E-state index in [4.69, 9.17) is 11.6 Å². The molecule has 0 aliphatic rings. The molecule has 0 saturated carbocycles. The fourth-order valence-corrected chi connectivity index (χ4v) is 2.19. The van der Waals surface area contributed by atoms with Gasteiger partial charge in [-0.2, -0.15) is 5.10 Å². The normalized spacial score (nSPS) is 12.6. The minimum atomic E-state index is -0.375. The van der Waals surface area contributed by atoms with E-state index in [-0.39, 0.29) is 6.10 Å². The zero-order chi connectivity index (χ0) is 13.0. The highest BCUT2D eigenvalue weighted by molar-refractivity contribution is 6.31. The van der Waals surface area contributed by atoms with Crippen LogP contribution >= 0.6 is 11.6 Å². The van der Waals surface area contributed by atoms with E-state index in [2.05, 4.69) is 5.10 Å². The van der Waals surface area contributed by atoms with Crippen LogP contribution in [-0.4, -0.2) is 21.0 Å². The molecule has 2 rings (SSSR count). The molecule has 0 bridgehead atoms. The third-order valence-corrected chi connectivity index (χ3v) is 3.44. The molecule has 1 atom stereocenters. The van der Waals surface area contributed by atoms with Gasteiger partial charge in [-0.15, -0.1) is 0 Å². The Hall–Kier alpha value is -1.32. The lowest BCUT2D eigenvalue weighted by Crippen LogP contribution is -2.13. The summed E-state index contributed by atoms with van der Waals surface area (Å²) in [7, 11) is 1.91. The molecule has 0 fully saturated rings. The first kappa shape index (κ1) is 13.1. The second-order valence-corrected chi connectivity index (χ2v) is 4.84. The van der Waals surface area contributed by atoms with Gasteiger partial charge in [0.1, 0.15) is 0 Å². The molecule has 96 valence electrons. The molecular weight excluding hydrogens is 248 g/mol. The smallest absolute Gasteiger partial charge is 0.0584 e. The standard InChI is InChI=1S/C14H17ClN2O/c1-17-12(8-9-16-17)6-7-13(18)10-11-4-2-3-5-14(11)15/h2-5,8-9,13,18H,6-7,10H2,1H3. The Labute approximate surface area is 112 Å². The van der Waals surface area contributed by atoms with E-state index in [1.165, 1.54) is 0 Å². The number of aliphatic hydroxyl groups is 1. The molecule has 18 heavy (non-hydrogen) atoms. The van der Waals surface area contributed by atoms with Crippen LogP contribution in [0.5, 0.6) is 0 Å². The molecule has 0 saturated heterocycles. The van der Waals surface area contributed by atoms with Crippen LogP contribution in [0.3, 0.4) is 0 Å². The van der Waals surface area contributed by atoms with Crippen molar-refractivity contribution in [3.05, 3.63) is 52.8 Å². The van der Waals surface area contributed by atoms with Gasteiger partial charge in [-0.3, -0.25) is 4.68 Å². The quantitative estimate of drug-likeness (QED) is 0.902. The molecule has 1 unspecified atom stereocenters. The molecule has 2 aromatic rings. The van der Waals surface area contributed by atoms with Gasteiger partial charge in [0.15, 0.2) is 0 Å². The molecule has 1 aromatic heterocycles. The van der Waals surface area contributed by atoms with Crippen molar-refractivity contribution >= 4 is 11.6 Å². The largest absolute Gasteiger partial charge is 0.393 e. The summed E-state index contributed by atoms with van der Waals surface area (Å²) >= 11 is 6.07. The highest BCUT2D eigenvalue weighted by Crippen LogP contribution is 2.18. The van der Waals surface area contributed by atoms with Gasteiger partial charge < -0.3 is 5.11 Å². The van der Waals surface area contributed by atoms with Crippen LogP contribution in [0.4, 0.5) is 0 Å². The van der Waals surface area contributed by atoms with E-state index in [0.29, 0.717) is 12.8 Å². The van der Waals surface area contributed by atoms with Crippen LogP contribution in [0.2, 0.25) is 5.02 Å². The zero-order valence-electron chi connectivity index (χ0n) is 10.4. The predicted molar refractivity (Wildman–Crippen MR) is 72.7 cm³/mol. The lowest BCUT2D eigenvalue weighted by Gasteiger charge is -2.11. The molecule has 0 aliphatic heterocycles. The number of hydrogen-bond acceptors (Lipinski definition) is 2. The number of aryl methyl sites for hydroxylation is 2. The number of nitrogens with zero attached hydrogens (tertiary/aromatic N) is 2. The molecule has 4 heteroatoms. The second kappa shape index (κ2) is 6.03. The number of rotatable bonds is 5. The van der Waals surface area contributed by atoms with Crippen molar-refractivity contribution in [2.45, 2.75) is 25.4 Å². The van der Waals surface area contributed by atoms with E-state index in [0.717, 1.165) is 22.7 Å². The minimum absolute atomic E-state index is 0.375. The predicted octanol–water partition coefficient (Wildman–Crippen LogP) is 2.61. The Morgan fingerprint density at radius 3 is 2.78 bits per heavy atom. The third-order valence-electron chi connectivity index (χ3n) is 3.07. The van der Waals surface area contributed by atoms with Crippen LogP contribution in [0.15, 0.2) is 36.5 Å². The summed E-state index contributed by atoms with van der Waals surface area (Å²) < 4.78 is 1.84. The van der Waals surface area contributed by atoms with Crippen LogP contribution in [0.25, 0.3) is 0 Å². The maximum atomic E-state index is 10.0. The first-order chi connectivity index (χ1) is 8.66. The van der Waals surface area contributed by atoms with E-state index in [1.807, 2.05) is 42.1 Å². The molecule has 3 nitrogen and oxygen atoms in total. The first-order valence-electron chi connectivity index (χ1n) is 6.05. The van der Waals surface area contributed by atoms with E-state index in [9.17, 15) is 5.11 Å². The summed E-state index contributed by atoms with van der Waals surface area (Å²) in [6.45, 7) is 0. The Balaban J connectivity index is 1.88. The second-order valence-electron chi connectivity index (χ2n) is 4.43. The van der Waals surface area contributed by atoms with E-state index in [1.54, 1.807) is 6.20 Å². The fraction of sp³-hybridized carbons (Fsp3) is 0.357. The van der Waals surface area contributed by atoms with Gasteiger partial charge in [-0.05, 0) is 37.0 Å². The number of benzene rings is 1. The Kier molecular flexibility index (Phi) is 4.39. The number of aliphatic hydroxyl groups excluding tert-OH is 1. The number of aromatic nitrogens is 2. The summed E-state index contributed by atoms with van der Waals surface area (Å²) in [6, 6.07) is 9.62. The number of halogens is 1. The lowest BCUT2D eigenvalue weighted by atomic mass is 10.0. The molecule has 1 aromatic carbocycles. The Morgan fingerprint density at radius 1 is 1.33 bits per heavy atom. The zero-order valence-corrected chi connectivity index (χ0v) is 11.1. The summed E-state index contributed by atoms with van der Waals surface area (Å²) in [5.41, 5.74) is 2.13. The van der Waals surface area contributed by atoms with Crippen molar-refractivity contribution in [2.75, 3.05) is 0 Å². The fourth-order valence-electron chi connectivity index (χ4n) is 1.98. The molecule has 0 radical (unpaired) electrons. The van der Waals surface area contributed by atoms with Crippen LogP contribution in [-0.2, 0) is 19.9 Å². The highest BCUT2D eigenvalue weighted by Gasteiger charge is 2.09. The molecule has 1 N–H and O–H groups in total. The lowest BCUT2D eigenvalue weighted by molar-refractivity contribution is 0.164. The van der Waals surface area contributed by atoms with Crippen LogP contribution < -0.4 is 0 Å². The van der Waals surface area contributed by atoms with Crippen molar-refractivity contribution in [2.24, 2.45) is 7.05 Å². The summed E-state index contributed by atoms with van der Waals surface area (Å²) in [5.74, 6) is 0. The average Bonchev–Trinajstić information content (AvgIpc) is 2.75. The van der Waals surface area contributed by atoms with Gasteiger partial charge in [0, 0.05) is 24.0 Å².